The highest BCUT2D eigenvalue weighted by Crippen LogP contribution is 2.04. The third-order valence-corrected chi connectivity index (χ3v) is 4.04. The predicted molar refractivity (Wildman–Crippen MR) is 53.4 cm³/mol. The van der Waals surface area contributed by atoms with Crippen molar-refractivity contribution in [3.05, 3.63) is 0 Å². The molecule has 0 spiro atoms. The van der Waals surface area contributed by atoms with Crippen molar-refractivity contribution in [2.75, 3.05) is 37.7 Å². The van der Waals surface area contributed by atoms with Gasteiger partial charge in [-0.05, 0) is 32.5 Å². The van der Waals surface area contributed by atoms with Gasteiger partial charge in [-0.3, -0.25) is 0 Å². The molecule has 1 rings (SSSR count). The second-order valence-corrected chi connectivity index (χ2v) is 5.79. The Hall–Kier alpha value is -0.130. The van der Waals surface area contributed by atoms with Gasteiger partial charge in [0.05, 0.1) is 11.5 Å². The molecule has 0 amide bonds. The minimum Gasteiger partial charge on any atom is -0.330 e. The fourth-order valence-electron chi connectivity index (χ4n) is 1.53. The van der Waals surface area contributed by atoms with Gasteiger partial charge in [-0.2, -0.15) is 0 Å². The summed E-state index contributed by atoms with van der Waals surface area (Å²) in [5.74, 6) is 0.670. The lowest BCUT2D eigenvalue weighted by atomic mass is 10.3. The molecule has 0 aromatic heterocycles. The van der Waals surface area contributed by atoms with Gasteiger partial charge in [-0.15, -0.1) is 0 Å². The van der Waals surface area contributed by atoms with Crippen LogP contribution >= 0.6 is 0 Å². The zero-order valence-electron chi connectivity index (χ0n) is 7.91. The zero-order chi connectivity index (χ0) is 9.73. The summed E-state index contributed by atoms with van der Waals surface area (Å²) in [6, 6.07) is 0. The first-order chi connectivity index (χ1) is 6.14. The molecule has 4 nitrogen and oxygen atoms in total. The second-order valence-electron chi connectivity index (χ2n) is 3.49. The zero-order valence-corrected chi connectivity index (χ0v) is 8.72. The number of nitrogens with zero attached hydrogens (tertiary/aromatic N) is 1. The van der Waals surface area contributed by atoms with Crippen LogP contribution in [0.5, 0.6) is 0 Å². The van der Waals surface area contributed by atoms with Crippen LogP contribution in [0.1, 0.15) is 12.8 Å². The third-order valence-electron chi connectivity index (χ3n) is 2.33. The molecular weight excluding hydrogens is 188 g/mol. The maximum absolute atomic E-state index is 11.2. The van der Waals surface area contributed by atoms with Crippen LogP contribution in [-0.2, 0) is 9.84 Å². The van der Waals surface area contributed by atoms with Gasteiger partial charge in [-0.1, -0.05) is 0 Å². The van der Waals surface area contributed by atoms with E-state index >= 15 is 0 Å². The van der Waals surface area contributed by atoms with Crippen molar-refractivity contribution >= 4 is 9.84 Å². The Balaban J connectivity index is 2.36. The molecule has 1 heterocycles. The quantitative estimate of drug-likeness (QED) is 0.673. The van der Waals surface area contributed by atoms with Crippen LogP contribution in [0, 0.1) is 0 Å². The first-order valence-corrected chi connectivity index (χ1v) is 6.59. The molecule has 1 aliphatic rings. The molecule has 0 bridgehead atoms. The smallest absolute Gasteiger partial charge is 0.151 e. The highest BCUT2D eigenvalue weighted by atomic mass is 32.2. The standard InChI is InChI=1S/C8H18N2O2S/c9-3-1-4-10-5-2-7-13(11,12)8-6-10/h1-9H2. The summed E-state index contributed by atoms with van der Waals surface area (Å²) in [6.45, 7) is 3.21. The number of sulfone groups is 1. The lowest BCUT2D eigenvalue weighted by molar-refractivity contribution is 0.293. The average molecular weight is 206 g/mol. The number of nitrogens with two attached hydrogens (primary N) is 1. The van der Waals surface area contributed by atoms with E-state index in [1.54, 1.807) is 0 Å². The van der Waals surface area contributed by atoms with Gasteiger partial charge in [0.2, 0.25) is 0 Å². The maximum atomic E-state index is 11.2. The Labute approximate surface area is 80.0 Å². The first kappa shape index (κ1) is 10.9. The summed E-state index contributed by atoms with van der Waals surface area (Å²) < 4.78 is 22.5. The lowest BCUT2D eigenvalue weighted by Crippen LogP contribution is -2.29. The van der Waals surface area contributed by atoms with E-state index in [4.69, 9.17) is 5.73 Å². The molecule has 13 heavy (non-hydrogen) atoms. The topological polar surface area (TPSA) is 63.4 Å². The van der Waals surface area contributed by atoms with E-state index in [-0.39, 0.29) is 0 Å². The Kier molecular flexibility index (Phi) is 4.15. The van der Waals surface area contributed by atoms with Crippen molar-refractivity contribution < 1.29 is 8.42 Å². The van der Waals surface area contributed by atoms with Gasteiger partial charge >= 0.3 is 0 Å². The molecule has 0 unspecified atom stereocenters. The molecular formula is C8H18N2O2S. The number of rotatable bonds is 3. The second kappa shape index (κ2) is 4.93. The monoisotopic (exact) mass is 206 g/mol. The van der Waals surface area contributed by atoms with Crippen LogP contribution < -0.4 is 5.73 Å². The van der Waals surface area contributed by atoms with E-state index in [1.807, 2.05) is 0 Å². The van der Waals surface area contributed by atoms with Crippen LogP contribution in [0.15, 0.2) is 0 Å². The first-order valence-electron chi connectivity index (χ1n) is 4.77. The molecule has 0 radical (unpaired) electrons. The predicted octanol–water partition coefficient (Wildman–Crippen LogP) is -0.544. The maximum Gasteiger partial charge on any atom is 0.151 e. The van der Waals surface area contributed by atoms with E-state index in [0.717, 1.165) is 25.9 Å². The van der Waals surface area contributed by atoms with Crippen molar-refractivity contribution in [1.29, 1.82) is 0 Å². The van der Waals surface area contributed by atoms with Gasteiger partial charge in [-0.25, -0.2) is 8.42 Å². The van der Waals surface area contributed by atoms with Gasteiger partial charge < -0.3 is 10.6 Å². The van der Waals surface area contributed by atoms with E-state index < -0.39 is 9.84 Å². The molecule has 2 N–H and O–H groups in total. The van der Waals surface area contributed by atoms with Crippen LogP contribution in [0.25, 0.3) is 0 Å². The Morgan fingerprint density at radius 1 is 1.23 bits per heavy atom. The van der Waals surface area contributed by atoms with E-state index in [0.29, 0.717) is 24.6 Å². The Bertz CT molecular complexity index is 239. The van der Waals surface area contributed by atoms with Crippen LogP contribution in [0.2, 0.25) is 0 Å². The number of hydrogen-bond donors (Lipinski definition) is 1. The molecule has 1 aliphatic heterocycles. The van der Waals surface area contributed by atoms with Gasteiger partial charge in [0.25, 0.3) is 0 Å². The largest absolute Gasteiger partial charge is 0.330 e. The fraction of sp³-hybridized carbons (Fsp3) is 1.00. The van der Waals surface area contributed by atoms with Crippen molar-refractivity contribution in [2.45, 2.75) is 12.8 Å². The Morgan fingerprint density at radius 2 is 2.00 bits per heavy atom. The molecule has 0 atom stereocenters. The SMILES string of the molecule is NCCCN1CCCS(=O)(=O)CC1. The molecule has 0 aromatic carbocycles. The van der Waals surface area contributed by atoms with Gasteiger partial charge in [0, 0.05) is 6.54 Å². The molecule has 1 fully saturated rings. The summed E-state index contributed by atoms with van der Waals surface area (Å²) in [4.78, 5) is 2.19. The van der Waals surface area contributed by atoms with Crippen LogP contribution in [0.4, 0.5) is 0 Å². The van der Waals surface area contributed by atoms with Crippen molar-refractivity contribution in [2.24, 2.45) is 5.73 Å². The summed E-state index contributed by atoms with van der Waals surface area (Å²) in [7, 11) is -2.75. The normalized spacial score (nSPS) is 24.1. The van der Waals surface area contributed by atoms with E-state index in [9.17, 15) is 8.42 Å². The highest BCUT2D eigenvalue weighted by Gasteiger charge is 2.18. The van der Waals surface area contributed by atoms with Crippen molar-refractivity contribution in [3.63, 3.8) is 0 Å². The lowest BCUT2D eigenvalue weighted by Gasteiger charge is -2.17. The fourth-order valence-corrected chi connectivity index (χ4v) is 2.84. The van der Waals surface area contributed by atoms with Gasteiger partial charge in [0.1, 0.15) is 0 Å². The van der Waals surface area contributed by atoms with E-state index in [2.05, 4.69) is 4.90 Å². The molecule has 0 aromatic rings. The van der Waals surface area contributed by atoms with Gasteiger partial charge in [0.15, 0.2) is 9.84 Å². The molecule has 5 heteroatoms. The van der Waals surface area contributed by atoms with Crippen molar-refractivity contribution in [1.82, 2.24) is 4.90 Å². The molecule has 1 saturated heterocycles. The Morgan fingerprint density at radius 3 is 2.69 bits per heavy atom. The van der Waals surface area contributed by atoms with E-state index in [1.165, 1.54) is 0 Å². The number of hydrogen-bond acceptors (Lipinski definition) is 4. The summed E-state index contributed by atoms with van der Waals surface area (Å²) in [5, 5.41) is 0. The van der Waals surface area contributed by atoms with Crippen molar-refractivity contribution in [3.8, 4) is 0 Å². The average Bonchev–Trinajstić information content (AvgIpc) is 2.23. The summed E-state index contributed by atoms with van der Waals surface area (Å²) >= 11 is 0. The minimum absolute atomic E-state index is 0.317. The highest BCUT2D eigenvalue weighted by molar-refractivity contribution is 7.91. The third kappa shape index (κ3) is 4.06. The van der Waals surface area contributed by atoms with Crippen LogP contribution in [0.3, 0.4) is 0 Å². The summed E-state index contributed by atoms with van der Waals surface area (Å²) in [5.41, 5.74) is 5.39. The molecule has 0 aliphatic carbocycles. The minimum atomic E-state index is -2.75. The molecule has 78 valence electrons. The van der Waals surface area contributed by atoms with Crippen LogP contribution in [-0.4, -0.2) is 51.0 Å². The molecule has 0 saturated carbocycles. The summed E-state index contributed by atoms with van der Waals surface area (Å²) in [6.07, 6.45) is 1.73.